The normalized spacial score (nSPS) is 10.6. The Kier molecular flexibility index (Phi) is 28.4. The molecule has 4 radical (unpaired) electrons. The number of nitrogens with zero attached hydrogens (tertiary/aromatic N) is 4. The molecular formula is C81H74Ir4N4-4. The minimum atomic E-state index is 0. The van der Waals surface area contributed by atoms with Crippen LogP contribution in [0, 0.1) is 38.1 Å². The molecule has 0 saturated heterocycles. The average molecular weight is 1870 g/mol. The number of aromatic nitrogens is 4. The molecule has 0 fully saturated rings. The van der Waals surface area contributed by atoms with Gasteiger partial charge in [0, 0.05) is 105 Å². The van der Waals surface area contributed by atoms with Crippen LogP contribution in [0.2, 0.25) is 0 Å². The van der Waals surface area contributed by atoms with E-state index in [0.29, 0.717) is 5.92 Å². The molecule has 0 aliphatic rings. The van der Waals surface area contributed by atoms with Crippen LogP contribution in [-0.4, -0.2) is 19.9 Å². The van der Waals surface area contributed by atoms with Crippen LogP contribution >= 0.6 is 0 Å². The molecule has 89 heavy (non-hydrogen) atoms. The molecule has 4 aromatic heterocycles. The summed E-state index contributed by atoms with van der Waals surface area (Å²) in [6.07, 6.45) is 7.74. The quantitative estimate of drug-likeness (QED) is 0.135. The first-order chi connectivity index (χ1) is 41.1. The van der Waals surface area contributed by atoms with E-state index < -0.39 is 0 Å². The first kappa shape index (κ1) is 72.7. The third kappa shape index (κ3) is 20.8. The number of hydrogen-bond acceptors (Lipinski definition) is 4. The summed E-state index contributed by atoms with van der Waals surface area (Å²) in [5.41, 5.74) is 24.2. The molecule has 0 spiro atoms. The van der Waals surface area contributed by atoms with Crippen molar-refractivity contribution >= 4 is 0 Å². The second kappa shape index (κ2) is 34.8. The SMILES string of the molecule is CC(C)(C)c1ccc(-c2[c-]ccc(-c3ccccc3)c2)nc1.CC(C)(C)c1ccnc(-c2[c-]ccc(-c3ccccc3)c2)c1.CC(C)c1ccc(-c2[c-]ccc(-c3ccccc3)c2)nc1.Cc1cnc(-c2[c-]ccc(-c3ccccc3)c2)cc1C.[Ir].[Ir].[Ir].[Ir]. The molecule has 0 atom stereocenters. The number of pyridine rings is 4. The predicted molar refractivity (Wildman–Crippen MR) is 357 cm³/mol. The summed E-state index contributed by atoms with van der Waals surface area (Å²) < 4.78 is 0. The molecule has 0 saturated carbocycles. The molecule has 4 heterocycles. The van der Waals surface area contributed by atoms with Crippen molar-refractivity contribution in [1.82, 2.24) is 19.9 Å². The maximum Gasteiger partial charge on any atom is 0.0198 e. The Labute approximate surface area is 584 Å². The first-order valence-electron chi connectivity index (χ1n) is 29.2. The molecule has 8 aromatic carbocycles. The van der Waals surface area contributed by atoms with E-state index in [1.54, 1.807) is 0 Å². The van der Waals surface area contributed by atoms with Gasteiger partial charge in [-0.1, -0.05) is 219 Å². The zero-order valence-corrected chi connectivity index (χ0v) is 61.6. The molecule has 0 N–H and O–H groups in total. The molecule has 0 unspecified atom stereocenters. The second-order valence-electron chi connectivity index (χ2n) is 23.6. The summed E-state index contributed by atoms with van der Waals surface area (Å²) in [6, 6.07) is 94.4. The molecule has 0 aliphatic heterocycles. The van der Waals surface area contributed by atoms with Crippen molar-refractivity contribution in [3.63, 3.8) is 0 Å². The van der Waals surface area contributed by atoms with Gasteiger partial charge < -0.3 is 19.9 Å². The van der Waals surface area contributed by atoms with Gasteiger partial charge in [-0.15, -0.1) is 142 Å². The summed E-state index contributed by atoms with van der Waals surface area (Å²) in [4.78, 5) is 18.2. The van der Waals surface area contributed by atoms with Crippen molar-refractivity contribution in [2.24, 2.45) is 0 Å². The minimum Gasteiger partial charge on any atom is -0.305 e. The number of benzene rings is 8. The maximum atomic E-state index is 4.62. The Morgan fingerprint density at radius 2 is 0.652 bits per heavy atom. The van der Waals surface area contributed by atoms with Crippen molar-refractivity contribution in [1.29, 1.82) is 0 Å². The van der Waals surface area contributed by atoms with Gasteiger partial charge in [-0.05, 0) is 104 Å². The molecule has 12 aromatic rings. The molecule has 0 amide bonds. The Balaban J connectivity index is 0.000000213. The zero-order chi connectivity index (χ0) is 59.8. The summed E-state index contributed by atoms with van der Waals surface area (Å²) in [5.74, 6) is 0.506. The summed E-state index contributed by atoms with van der Waals surface area (Å²) in [6.45, 7) is 21.8. The average Bonchev–Trinajstić information content (AvgIpc) is 2.37. The van der Waals surface area contributed by atoms with Crippen LogP contribution in [0.25, 0.3) is 89.5 Å². The van der Waals surface area contributed by atoms with Crippen LogP contribution in [-0.2, 0) is 91.3 Å². The fourth-order valence-electron chi connectivity index (χ4n) is 9.42. The Morgan fingerprint density at radius 3 is 0.978 bits per heavy atom. The van der Waals surface area contributed by atoms with Gasteiger partial charge in [0.05, 0.1) is 0 Å². The molecule has 8 heteroatoms. The number of aryl methyl sites for hydroxylation is 2. The van der Waals surface area contributed by atoms with Gasteiger partial charge >= 0.3 is 0 Å². The van der Waals surface area contributed by atoms with Gasteiger partial charge in [0.1, 0.15) is 0 Å². The topological polar surface area (TPSA) is 51.6 Å². The third-order valence-electron chi connectivity index (χ3n) is 14.8. The van der Waals surface area contributed by atoms with Gasteiger partial charge in [0.25, 0.3) is 0 Å². The van der Waals surface area contributed by atoms with E-state index in [9.17, 15) is 0 Å². The summed E-state index contributed by atoms with van der Waals surface area (Å²) in [7, 11) is 0. The van der Waals surface area contributed by atoms with Crippen LogP contribution < -0.4 is 0 Å². The first-order valence-corrected chi connectivity index (χ1v) is 29.2. The van der Waals surface area contributed by atoms with E-state index in [2.05, 4.69) is 301 Å². The van der Waals surface area contributed by atoms with E-state index in [1.807, 2.05) is 73.3 Å². The largest absolute Gasteiger partial charge is 0.305 e. The molecule has 0 aliphatic carbocycles. The van der Waals surface area contributed by atoms with Crippen molar-refractivity contribution in [2.75, 3.05) is 0 Å². The standard InChI is InChI=1S/2C21H20N.C20H18N.C19H16N.4Ir/c1-21(2,3)19-12-13-22-20(15-19)18-11-7-10-17(14-18)16-8-5-4-6-9-16;1-21(2,3)19-12-13-20(22-15-19)18-11-7-10-17(14-18)16-8-5-4-6-9-16;1-15(2)19-11-12-20(21-14-19)18-10-6-9-17(13-18)16-7-4-3-5-8-16;1-14-11-19(20-13-15(14)2)18-10-6-9-17(12-18)16-7-4-3-5-8-16;;;;/h2*4-10,12-15H,1-3H3;3-9,11-15H,1-2H3;3-9,11-13H,1-2H3;;;;/q4*-1;;;;. The van der Waals surface area contributed by atoms with Crippen LogP contribution in [0.1, 0.15) is 89.1 Å². The van der Waals surface area contributed by atoms with Crippen molar-refractivity contribution in [3.05, 3.63) is 313 Å². The Bertz CT molecular complexity index is 4050. The zero-order valence-electron chi connectivity index (χ0n) is 52.0. The molecule has 0 bridgehead atoms. The Morgan fingerprint density at radius 1 is 0.303 bits per heavy atom. The van der Waals surface area contributed by atoms with Crippen LogP contribution in [0.15, 0.2) is 261 Å². The fraction of sp³-hybridized carbons (Fsp3) is 0.160. The van der Waals surface area contributed by atoms with Crippen molar-refractivity contribution < 1.29 is 80.4 Å². The van der Waals surface area contributed by atoms with E-state index in [4.69, 9.17) is 0 Å². The van der Waals surface area contributed by atoms with Gasteiger partial charge in [-0.3, -0.25) is 0 Å². The molecule has 4 nitrogen and oxygen atoms in total. The van der Waals surface area contributed by atoms with E-state index in [-0.39, 0.29) is 91.3 Å². The molecular weight excluding hydrogens is 1800 g/mol. The van der Waals surface area contributed by atoms with Gasteiger partial charge in [-0.25, -0.2) is 0 Å². The minimum absolute atomic E-state index is 0. The maximum absolute atomic E-state index is 4.62. The van der Waals surface area contributed by atoms with Gasteiger partial charge in [0.2, 0.25) is 0 Å². The Hall–Kier alpha value is -7.04. The van der Waals surface area contributed by atoms with Crippen LogP contribution in [0.4, 0.5) is 0 Å². The van der Waals surface area contributed by atoms with Crippen LogP contribution in [0.3, 0.4) is 0 Å². The summed E-state index contributed by atoms with van der Waals surface area (Å²) in [5, 5.41) is 0. The molecule has 458 valence electrons. The predicted octanol–water partition coefficient (Wildman–Crippen LogP) is 21.2. The monoisotopic (exact) mass is 1870 g/mol. The fourth-order valence-corrected chi connectivity index (χ4v) is 9.42. The van der Waals surface area contributed by atoms with E-state index in [1.165, 1.54) is 72.3 Å². The van der Waals surface area contributed by atoms with Crippen LogP contribution in [0.5, 0.6) is 0 Å². The molecule has 12 rings (SSSR count). The second-order valence-corrected chi connectivity index (χ2v) is 23.6. The number of rotatable bonds is 9. The van der Waals surface area contributed by atoms with Gasteiger partial charge in [-0.2, -0.15) is 0 Å². The van der Waals surface area contributed by atoms with Gasteiger partial charge in [0.15, 0.2) is 0 Å². The number of hydrogen-bond donors (Lipinski definition) is 0. The van der Waals surface area contributed by atoms with Crippen molar-refractivity contribution in [2.45, 2.75) is 86.0 Å². The smallest absolute Gasteiger partial charge is 0.0198 e. The van der Waals surface area contributed by atoms with E-state index in [0.717, 1.165) is 45.0 Å². The van der Waals surface area contributed by atoms with Crippen molar-refractivity contribution in [3.8, 4) is 89.5 Å². The summed E-state index contributed by atoms with van der Waals surface area (Å²) >= 11 is 0. The van der Waals surface area contributed by atoms with E-state index >= 15 is 0 Å². The third-order valence-corrected chi connectivity index (χ3v) is 14.8.